The highest BCUT2D eigenvalue weighted by Gasteiger charge is 2.63. The van der Waals surface area contributed by atoms with Gasteiger partial charge >= 0.3 is 0 Å². The minimum atomic E-state index is -1.11. The van der Waals surface area contributed by atoms with Gasteiger partial charge < -0.3 is 0 Å². The van der Waals surface area contributed by atoms with Crippen molar-refractivity contribution in [1.82, 2.24) is 0 Å². The summed E-state index contributed by atoms with van der Waals surface area (Å²) in [6.07, 6.45) is 12.9. The second-order valence-corrected chi connectivity index (χ2v) is 16.6. The van der Waals surface area contributed by atoms with Gasteiger partial charge in [-0.3, -0.25) is 0 Å². The number of unbranched alkanes of at least 4 members (excludes halogenated alkanes) is 7. The van der Waals surface area contributed by atoms with Gasteiger partial charge in [0, 0.05) is 7.26 Å². The lowest BCUT2D eigenvalue weighted by atomic mass is 10.1. The van der Waals surface area contributed by atoms with Gasteiger partial charge in [-0.1, -0.05) is 45.4 Å². The van der Waals surface area contributed by atoms with E-state index < -0.39 is 7.26 Å². The molecule has 0 nitrogen and oxygen atoms in total. The van der Waals surface area contributed by atoms with Crippen LogP contribution in [0.15, 0.2) is 0 Å². The van der Waals surface area contributed by atoms with Crippen LogP contribution in [0.2, 0.25) is 0 Å². The van der Waals surface area contributed by atoms with Crippen LogP contribution in [0.25, 0.3) is 0 Å². The second-order valence-electron chi connectivity index (χ2n) is 10.5. The lowest BCUT2D eigenvalue weighted by Crippen LogP contribution is -2.45. The van der Waals surface area contributed by atoms with Crippen molar-refractivity contribution >= 4 is 7.26 Å². The number of rotatable bonds is 9. The largest absolute Gasteiger partial charge is 0.0725 e. The van der Waals surface area contributed by atoms with Gasteiger partial charge in [-0.15, -0.1) is 0 Å². The Balaban J connectivity index is 4.76. The average molecular weight is 344 g/mol. The third-order valence-corrected chi connectivity index (χ3v) is 13.6. The van der Waals surface area contributed by atoms with E-state index in [2.05, 4.69) is 69.2 Å². The van der Waals surface area contributed by atoms with Crippen LogP contribution >= 0.6 is 7.26 Å². The smallest absolute Gasteiger partial charge is 0.0654 e. The van der Waals surface area contributed by atoms with Crippen molar-refractivity contribution in [2.45, 2.75) is 136 Å². The van der Waals surface area contributed by atoms with E-state index in [0.717, 1.165) is 0 Å². The first-order valence-corrected chi connectivity index (χ1v) is 12.2. The topological polar surface area (TPSA) is 0 Å². The molecule has 0 spiro atoms. The summed E-state index contributed by atoms with van der Waals surface area (Å²) in [7, 11) is -1.11. The molecule has 0 aliphatic carbocycles. The molecule has 0 aliphatic heterocycles. The SMILES string of the molecule is CCCCCCCCCC[P+](C(C)(C)C)(C(C)(C)C)C(C)(C)C. The lowest BCUT2D eigenvalue weighted by molar-refractivity contribution is 0.574. The Morgan fingerprint density at radius 1 is 0.478 bits per heavy atom. The molecule has 0 saturated heterocycles. The van der Waals surface area contributed by atoms with Gasteiger partial charge in [0.2, 0.25) is 0 Å². The molecule has 0 saturated carbocycles. The quantitative estimate of drug-likeness (QED) is 0.290. The monoisotopic (exact) mass is 343 g/mol. The Morgan fingerprint density at radius 2 is 0.783 bits per heavy atom. The van der Waals surface area contributed by atoms with Crippen molar-refractivity contribution < 1.29 is 0 Å². The maximum atomic E-state index is 2.52. The predicted molar refractivity (Wildman–Crippen MR) is 114 cm³/mol. The first-order valence-electron chi connectivity index (χ1n) is 10.2. The van der Waals surface area contributed by atoms with Crippen LogP contribution in [0.1, 0.15) is 121 Å². The van der Waals surface area contributed by atoms with E-state index in [0.29, 0.717) is 15.5 Å². The summed E-state index contributed by atoms with van der Waals surface area (Å²) >= 11 is 0. The molecule has 0 radical (unpaired) electrons. The van der Waals surface area contributed by atoms with Crippen LogP contribution in [-0.2, 0) is 0 Å². The first-order chi connectivity index (χ1) is 10.3. The van der Waals surface area contributed by atoms with Crippen LogP contribution in [0, 0.1) is 0 Å². The maximum absolute atomic E-state index is 2.52. The third-order valence-electron chi connectivity index (χ3n) is 5.78. The molecule has 0 N–H and O–H groups in total. The molecule has 0 aromatic heterocycles. The van der Waals surface area contributed by atoms with Gasteiger partial charge in [-0.05, 0) is 75.2 Å². The van der Waals surface area contributed by atoms with Gasteiger partial charge in [0.05, 0.1) is 21.6 Å². The zero-order chi connectivity index (χ0) is 18.4. The number of hydrogen-bond acceptors (Lipinski definition) is 0. The molecule has 23 heavy (non-hydrogen) atoms. The highest BCUT2D eigenvalue weighted by molar-refractivity contribution is 7.80. The molecule has 0 unspecified atom stereocenters. The van der Waals surface area contributed by atoms with Crippen LogP contribution in [0.4, 0.5) is 0 Å². The molecule has 0 fully saturated rings. The van der Waals surface area contributed by atoms with E-state index in [1.54, 1.807) is 0 Å². The van der Waals surface area contributed by atoms with Crippen molar-refractivity contribution in [3.05, 3.63) is 0 Å². The molecule has 0 aromatic rings. The Kier molecular flexibility index (Phi) is 9.39. The molecule has 0 rings (SSSR count). The summed E-state index contributed by atoms with van der Waals surface area (Å²) in [5, 5.41) is 1.31. The maximum Gasteiger partial charge on any atom is 0.0725 e. The van der Waals surface area contributed by atoms with Gasteiger partial charge in [-0.2, -0.15) is 0 Å². The molecule has 0 heterocycles. The van der Waals surface area contributed by atoms with E-state index in [-0.39, 0.29) is 0 Å². The fraction of sp³-hybridized carbons (Fsp3) is 1.00. The van der Waals surface area contributed by atoms with Crippen molar-refractivity contribution in [2.75, 3.05) is 6.16 Å². The Hall–Kier alpha value is 0.430. The van der Waals surface area contributed by atoms with Crippen LogP contribution in [0.5, 0.6) is 0 Å². The number of hydrogen-bond donors (Lipinski definition) is 0. The van der Waals surface area contributed by atoms with Crippen molar-refractivity contribution in [2.24, 2.45) is 0 Å². The van der Waals surface area contributed by atoms with Gasteiger partial charge in [0.25, 0.3) is 0 Å². The minimum absolute atomic E-state index is 0.435. The molecule has 0 bridgehead atoms. The van der Waals surface area contributed by atoms with Gasteiger partial charge in [0.15, 0.2) is 0 Å². The van der Waals surface area contributed by atoms with E-state index in [9.17, 15) is 0 Å². The minimum Gasteiger partial charge on any atom is -0.0654 e. The van der Waals surface area contributed by atoms with Crippen molar-refractivity contribution in [3.8, 4) is 0 Å². The van der Waals surface area contributed by atoms with Crippen LogP contribution < -0.4 is 0 Å². The van der Waals surface area contributed by atoms with Crippen LogP contribution in [0.3, 0.4) is 0 Å². The van der Waals surface area contributed by atoms with E-state index in [4.69, 9.17) is 0 Å². The summed E-state index contributed by atoms with van der Waals surface area (Å²) in [5.41, 5.74) is 0. The van der Waals surface area contributed by atoms with Crippen molar-refractivity contribution in [1.29, 1.82) is 0 Å². The molecular weight excluding hydrogens is 295 g/mol. The fourth-order valence-corrected chi connectivity index (χ4v) is 14.3. The summed E-state index contributed by atoms with van der Waals surface area (Å²) in [4.78, 5) is 0. The summed E-state index contributed by atoms with van der Waals surface area (Å²) in [6.45, 7) is 24.9. The van der Waals surface area contributed by atoms with Crippen molar-refractivity contribution in [3.63, 3.8) is 0 Å². The molecule has 0 aliphatic rings. The summed E-state index contributed by atoms with van der Waals surface area (Å²) in [6, 6.07) is 0. The first kappa shape index (κ1) is 23.4. The Morgan fingerprint density at radius 3 is 1.09 bits per heavy atom. The zero-order valence-electron chi connectivity index (χ0n) is 18.3. The fourth-order valence-electron chi connectivity index (χ4n) is 5.51. The van der Waals surface area contributed by atoms with Gasteiger partial charge in [-0.25, -0.2) is 0 Å². The molecule has 140 valence electrons. The highest BCUT2D eigenvalue weighted by atomic mass is 31.2. The standard InChI is InChI=1S/C22H48P/c1-11-12-13-14-15-16-17-18-19-23(20(2,3)4,21(5,6)7)22(8,9)10/h11-19H2,1-10H3/q+1. The second kappa shape index (κ2) is 9.22. The molecule has 0 atom stereocenters. The van der Waals surface area contributed by atoms with E-state index in [1.165, 1.54) is 57.5 Å². The molecule has 1 heteroatoms. The normalized spacial score (nSPS) is 14.3. The van der Waals surface area contributed by atoms with E-state index in [1.807, 2.05) is 0 Å². The Bertz CT molecular complexity index is 272. The predicted octanol–water partition coefficient (Wildman–Crippen LogP) is 8.54. The average Bonchev–Trinajstić information content (AvgIpc) is 2.32. The Labute approximate surface area is 149 Å². The molecular formula is C22H48P+. The lowest BCUT2D eigenvalue weighted by Gasteiger charge is -2.54. The van der Waals surface area contributed by atoms with Gasteiger partial charge in [0.1, 0.15) is 0 Å². The molecule has 0 amide bonds. The zero-order valence-corrected chi connectivity index (χ0v) is 19.2. The third kappa shape index (κ3) is 6.34. The molecule has 0 aromatic carbocycles. The van der Waals surface area contributed by atoms with Crippen LogP contribution in [-0.4, -0.2) is 21.6 Å². The highest BCUT2D eigenvalue weighted by Crippen LogP contribution is 2.83. The summed E-state index contributed by atoms with van der Waals surface area (Å²) < 4.78 is 0. The summed E-state index contributed by atoms with van der Waals surface area (Å²) in [5.74, 6) is 0. The van der Waals surface area contributed by atoms with E-state index >= 15 is 0 Å².